The average Bonchev–Trinajstić information content (AvgIpc) is 3.16. The zero-order valence-corrected chi connectivity index (χ0v) is 16.5. The van der Waals surface area contributed by atoms with E-state index in [4.69, 9.17) is 11.7 Å². The molecule has 29 heavy (non-hydrogen) atoms. The Balaban J connectivity index is 1.60. The Kier molecular flexibility index (Phi) is 4.41. The molecule has 0 saturated carbocycles. The lowest BCUT2D eigenvalue weighted by Crippen LogP contribution is -2.24. The molecule has 0 fully saturated rings. The molecule has 4 nitrogen and oxygen atoms in total. The van der Waals surface area contributed by atoms with Gasteiger partial charge in [-0.2, -0.15) is 0 Å². The van der Waals surface area contributed by atoms with Gasteiger partial charge in [-0.1, -0.05) is 36.4 Å². The second-order valence-corrected chi connectivity index (χ2v) is 7.96. The zero-order valence-electron chi connectivity index (χ0n) is 15.7. The molecule has 1 heterocycles. The summed E-state index contributed by atoms with van der Waals surface area (Å²) in [5, 5.41) is 5.78. The Morgan fingerprint density at radius 1 is 0.483 bits per heavy atom. The highest BCUT2D eigenvalue weighted by atomic mass is 32.1. The average molecular weight is 397 g/mol. The Hall–Kier alpha value is -3.38. The lowest BCUT2D eigenvalue weighted by atomic mass is 10.1. The molecule has 1 aromatic heterocycles. The van der Waals surface area contributed by atoms with Crippen molar-refractivity contribution in [2.45, 2.75) is 0 Å². The van der Waals surface area contributed by atoms with Crippen LogP contribution in [0.5, 0.6) is 0 Å². The number of hydrazine groups is 2. The summed E-state index contributed by atoms with van der Waals surface area (Å²) in [5.74, 6) is 12.8. The number of rotatable bonds is 4. The monoisotopic (exact) mass is 396 g/mol. The first kappa shape index (κ1) is 17.7. The number of nitrogens with two attached hydrogens (primary N) is 2. The zero-order chi connectivity index (χ0) is 19.8. The third kappa shape index (κ3) is 3.21. The van der Waals surface area contributed by atoms with Crippen molar-refractivity contribution in [3.63, 3.8) is 0 Å². The third-order valence-electron chi connectivity index (χ3n) is 5.06. The van der Waals surface area contributed by atoms with Crippen LogP contribution in [0.25, 0.3) is 20.2 Å². The first-order valence-corrected chi connectivity index (χ1v) is 10.2. The van der Waals surface area contributed by atoms with Crippen LogP contribution in [0.3, 0.4) is 0 Å². The molecule has 0 atom stereocenters. The van der Waals surface area contributed by atoms with Gasteiger partial charge in [0.25, 0.3) is 0 Å². The van der Waals surface area contributed by atoms with E-state index in [2.05, 4.69) is 36.4 Å². The summed E-state index contributed by atoms with van der Waals surface area (Å²) in [4.78, 5) is 0. The number of para-hydroxylation sites is 2. The molecule has 0 spiro atoms. The van der Waals surface area contributed by atoms with Crippen LogP contribution in [0.4, 0.5) is 22.7 Å². The van der Waals surface area contributed by atoms with Gasteiger partial charge in [-0.25, -0.2) is 11.7 Å². The normalized spacial score (nSPS) is 11.1. The fraction of sp³-hybridized carbons (Fsp3) is 0. The van der Waals surface area contributed by atoms with E-state index < -0.39 is 0 Å². The quantitative estimate of drug-likeness (QED) is 0.286. The molecule has 0 radical (unpaired) electrons. The highest BCUT2D eigenvalue weighted by Crippen LogP contribution is 2.39. The summed E-state index contributed by atoms with van der Waals surface area (Å²) in [6.45, 7) is 0. The van der Waals surface area contributed by atoms with Gasteiger partial charge >= 0.3 is 0 Å². The van der Waals surface area contributed by atoms with Crippen LogP contribution in [0.2, 0.25) is 0 Å². The second kappa shape index (κ2) is 7.22. The van der Waals surface area contributed by atoms with Gasteiger partial charge in [0, 0.05) is 20.2 Å². The van der Waals surface area contributed by atoms with Crippen molar-refractivity contribution in [3.05, 3.63) is 97.1 Å². The maximum Gasteiger partial charge on any atom is 0.0582 e. The van der Waals surface area contributed by atoms with Crippen LogP contribution in [-0.2, 0) is 0 Å². The maximum atomic E-state index is 6.38. The van der Waals surface area contributed by atoms with E-state index in [1.807, 2.05) is 60.7 Å². The van der Waals surface area contributed by atoms with Crippen molar-refractivity contribution >= 4 is 54.3 Å². The Morgan fingerprint density at radius 3 is 1.31 bits per heavy atom. The summed E-state index contributed by atoms with van der Waals surface area (Å²) in [7, 11) is 0. The molecular weight excluding hydrogens is 376 g/mol. The van der Waals surface area contributed by atoms with Crippen LogP contribution >= 0.6 is 11.3 Å². The van der Waals surface area contributed by atoms with E-state index in [1.54, 1.807) is 21.4 Å². The van der Waals surface area contributed by atoms with E-state index >= 15 is 0 Å². The molecule has 0 bridgehead atoms. The van der Waals surface area contributed by atoms with Crippen molar-refractivity contribution < 1.29 is 0 Å². The van der Waals surface area contributed by atoms with Crippen molar-refractivity contribution in [3.8, 4) is 0 Å². The number of benzene rings is 4. The topological polar surface area (TPSA) is 58.5 Å². The summed E-state index contributed by atoms with van der Waals surface area (Å²) in [6, 6.07) is 32.6. The summed E-state index contributed by atoms with van der Waals surface area (Å²) >= 11 is 1.78. The lowest BCUT2D eigenvalue weighted by Gasteiger charge is -2.19. The molecule has 0 aliphatic carbocycles. The molecule has 0 saturated heterocycles. The standard InChI is InChI=1S/C24H20N4S/c25-27(17-7-3-1-4-8-17)19-11-13-23-21(15-19)22-16-20(12-14-24(22)29-23)28(26)18-9-5-2-6-10-18/h1-16H,25-26H2. The van der Waals surface area contributed by atoms with Crippen LogP contribution in [0.15, 0.2) is 97.1 Å². The minimum absolute atomic E-state index is 0.946. The van der Waals surface area contributed by atoms with Crippen molar-refractivity contribution in [1.82, 2.24) is 0 Å². The van der Waals surface area contributed by atoms with E-state index in [9.17, 15) is 0 Å². The van der Waals surface area contributed by atoms with Gasteiger partial charge < -0.3 is 0 Å². The molecule has 4 N–H and O–H groups in total. The number of anilines is 4. The third-order valence-corrected chi connectivity index (χ3v) is 6.21. The minimum Gasteiger partial charge on any atom is -0.280 e. The van der Waals surface area contributed by atoms with Crippen LogP contribution in [-0.4, -0.2) is 0 Å². The van der Waals surface area contributed by atoms with Gasteiger partial charge in [-0.15, -0.1) is 11.3 Å². The summed E-state index contributed by atoms with van der Waals surface area (Å²) in [5.41, 5.74) is 3.79. The van der Waals surface area contributed by atoms with Gasteiger partial charge in [-0.05, 0) is 60.7 Å². The molecule has 5 rings (SSSR count). The number of nitrogens with zero attached hydrogens (tertiary/aromatic N) is 2. The Morgan fingerprint density at radius 2 is 0.897 bits per heavy atom. The molecule has 0 unspecified atom stereocenters. The van der Waals surface area contributed by atoms with E-state index in [0.717, 1.165) is 22.7 Å². The molecule has 142 valence electrons. The smallest absolute Gasteiger partial charge is 0.0582 e. The van der Waals surface area contributed by atoms with Gasteiger partial charge in [-0.3, -0.25) is 10.0 Å². The van der Waals surface area contributed by atoms with E-state index in [0.29, 0.717) is 0 Å². The maximum absolute atomic E-state index is 6.38. The predicted octanol–water partition coefficient (Wildman–Crippen LogP) is 6.08. The molecule has 0 aliphatic rings. The fourth-order valence-electron chi connectivity index (χ4n) is 3.53. The summed E-state index contributed by atoms with van der Waals surface area (Å²) < 4.78 is 2.45. The number of hydrogen-bond donors (Lipinski definition) is 2. The van der Waals surface area contributed by atoms with Crippen LogP contribution < -0.4 is 21.7 Å². The van der Waals surface area contributed by atoms with Crippen molar-refractivity contribution in [1.29, 1.82) is 0 Å². The molecule has 5 aromatic rings. The Labute approximate surface area is 173 Å². The van der Waals surface area contributed by atoms with Gasteiger partial charge in [0.15, 0.2) is 0 Å². The highest BCUT2D eigenvalue weighted by molar-refractivity contribution is 7.25. The first-order chi connectivity index (χ1) is 14.2. The number of thiophene rings is 1. The highest BCUT2D eigenvalue weighted by Gasteiger charge is 2.12. The minimum atomic E-state index is 0.946. The van der Waals surface area contributed by atoms with E-state index in [-0.39, 0.29) is 0 Å². The van der Waals surface area contributed by atoms with Crippen LogP contribution in [0, 0.1) is 0 Å². The molecule has 4 aromatic carbocycles. The largest absolute Gasteiger partial charge is 0.280 e. The fourth-order valence-corrected chi connectivity index (χ4v) is 4.60. The molecular formula is C24H20N4S. The SMILES string of the molecule is NN(c1ccccc1)c1ccc2sc3ccc(N(N)c4ccccc4)cc3c2c1. The van der Waals surface area contributed by atoms with E-state index in [1.165, 1.54) is 20.2 Å². The van der Waals surface area contributed by atoms with Gasteiger partial charge in [0.05, 0.1) is 22.7 Å². The predicted molar refractivity (Wildman–Crippen MR) is 125 cm³/mol. The molecule has 5 heteroatoms. The van der Waals surface area contributed by atoms with Crippen molar-refractivity contribution in [2.24, 2.45) is 11.7 Å². The number of hydrogen-bond acceptors (Lipinski definition) is 5. The van der Waals surface area contributed by atoms with Gasteiger partial charge in [0.1, 0.15) is 0 Å². The van der Waals surface area contributed by atoms with Crippen molar-refractivity contribution in [2.75, 3.05) is 10.0 Å². The first-order valence-electron chi connectivity index (χ1n) is 9.37. The summed E-state index contributed by atoms with van der Waals surface area (Å²) in [6.07, 6.45) is 0. The Bertz CT molecular complexity index is 1180. The lowest BCUT2D eigenvalue weighted by molar-refractivity contribution is 1.09. The molecule has 0 aliphatic heterocycles. The van der Waals surface area contributed by atoms with Gasteiger partial charge in [0.2, 0.25) is 0 Å². The molecule has 0 amide bonds. The number of fused-ring (bicyclic) bond motifs is 3. The second-order valence-electron chi connectivity index (χ2n) is 6.87. The van der Waals surface area contributed by atoms with Crippen LogP contribution in [0.1, 0.15) is 0 Å².